The molecule has 0 aromatic heterocycles. The highest BCUT2D eigenvalue weighted by Crippen LogP contribution is 2.34. The smallest absolute Gasteiger partial charge is 0.311 e. The zero-order valence-electron chi connectivity index (χ0n) is 15.4. The van der Waals surface area contributed by atoms with Crippen molar-refractivity contribution in [1.29, 1.82) is 0 Å². The maximum absolute atomic E-state index is 12.6. The van der Waals surface area contributed by atoms with Crippen molar-refractivity contribution in [3.8, 4) is 0 Å². The highest BCUT2D eigenvalue weighted by atomic mass is 16.6. The molecule has 0 amide bonds. The molecule has 6 heteroatoms. The third kappa shape index (κ3) is 4.89. The van der Waals surface area contributed by atoms with Gasteiger partial charge in [0.15, 0.2) is 0 Å². The molecular weight excluding hydrogens is 320 g/mol. The Morgan fingerprint density at radius 1 is 1.32 bits per heavy atom. The molecule has 0 radical (unpaired) electrons. The number of nitrogens with one attached hydrogen (secondary N) is 1. The Bertz CT molecular complexity index is 672. The van der Waals surface area contributed by atoms with Crippen molar-refractivity contribution in [2.45, 2.75) is 45.8 Å². The SMILES string of the molecule is CC(C)(C)OC(=O)[C@H]1C(/C=C/c2ccc([N+](=O)[O-])cc2)CNC1(C)C. The highest BCUT2D eigenvalue weighted by molar-refractivity contribution is 5.76. The second-order valence-electron chi connectivity index (χ2n) is 7.99. The zero-order chi connectivity index (χ0) is 18.8. The van der Waals surface area contributed by atoms with Gasteiger partial charge in [0.25, 0.3) is 5.69 Å². The molecule has 1 unspecified atom stereocenters. The van der Waals surface area contributed by atoms with E-state index in [9.17, 15) is 14.9 Å². The number of rotatable bonds is 4. The van der Waals surface area contributed by atoms with Gasteiger partial charge in [0.2, 0.25) is 0 Å². The number of ether oxygens (including phenoxy) is 1. The van der Waals surface area contributed by atoms with E-state index in [0.29, 0.717) is 6.54 Å². The summed E-state index contributed by atoms with van der Waals surface area (Å²) in [5.41, 5.74) is 0.0422. The first-order valence-corrected chi connectivity index (χ1v) is 8.40. The van der Waals surface area contributed by atoms with E-state index in [4.69, 9.17) is 4.74 Å². The summed E-state index contributed by atoms with van der Waals surface area (Å²) in [6.45, 7) is 10.3. The van der Waals surface area contributed by atoms with E-state index in [1.807, 2.05) is 46.8 Å². The van der Waals surface area contributed by atoms with E-state index in [1.165, 1.54) is 12.1 Å². The van der Waals surface area contributed by atoms with Crippen LogP contribution in [0, 0.1) is 22.0 Å². The lowest BCUT2D eigenvalue weighted by Gasteiger charge is -2.30. The van der Waals surface area contributed by atoms with Crippen LogP contribution in [0.4, 0.5) is 5.69 Å². The number of esters is 1. The number of hydrogen-bond donors (Lipinski definition) is 1. The molecule has 0 aliphatic carbocycles. The standard InChI is InChI=1S/C19H26N2O4/c1-18(2,3)25-17(22)16-14(12-20-19(16,4)5)9-6-13-7-10-15(11-8-13)21(23)24/h6-11,14,16,20H,12H2,1-5H3/b9-6+/t14?,16-/m1/s1. The molecule has 25 heavy (non-hydrogen) atoms. The van der Waals surface area contributed by atoms with Crippen molar-refractivity contribution >= 4 is 17.7 Å². The van der Waals surface area contributed by atoms with E-state index >= 15 is 0 Å². The van der Waals surface area contributed by atoms with Crippen LogP contribution in [0.1, 0.15) is 40.2 Å². The normalized spacial score (nSPS) is 22.9. The number of nitro groups is 1. The summed E-state index contributed by atoms with van der Waals surface area (Å²) in [5.74, 6) is -0.498. The minimum Gasteiger partial charge on any atom is -0.460 e. The molecule has 0 spiro atoms. The first-order valence-electron chi connectivity index (χ1n) is 8.40. The number of nitro benzene ring substituents is 1. The third-order valence-corrected chi connectivity index (χ3v) is 4.30. The van der Waals surface area contributed by atoms with E-state index in [2.05, 4.69) is 5.32 Å². The van der Waals surface area contributed by atoms with Gasteiger partial charge in [-0.3, -0.25) is 14.9 Å². The van der Waals surface area contributed by atoms with Crippen molar-refractivity contribution in [1.82, 2.24) is 5.32 Å². The van der Waals surface area contributed by atoms with E-state index in [0.717, 1.165) is 5.56 Å². The second kappa shape index (κ2) is 6.96. The first-order chi connectivity index (χ1) is 11.5. The predicted molar refractivity (Wildman–Crippen MR) is 97.0 cm³/mol. The van der Waals surface area contributed by atoms with Gasteiger partial charge in [-0.1, -0.05) is 12.2 Å². The lowest BCUT2D eigenvalue weighted by Crippen LogP contribution is -2.44. The van der Waals surface area contributed by atoms with Gasteiger partial charge in [0.1, 0.15) is 5.60 Å². The highest BCUT2D eigenvalue weighted by Gasteiger charge is 2.46. The fourth-order valence-corrected chi connectivity index (χ4v) is 3.10. The van der Waals surface area contributed by atoms with Crippen molar-refractivity contribution in [2.75, 3.05) is 6.54 Å². The fraction of sp³-hybridized carbons (Fsp3) is 0.526. The molecule has 1 fully saturated rings. The second-order valence-corrected chi connectivity index (χ2v) is 7.99. The number of nitrogens with zero attached hydrogens (tertiary/aromatic N) is 1. The molecule has 1 aliphatic heterocycles. The van der Waals surface area contributed by atoms with Crippen LogP contribution in [0.5, 0.6) is 0 Å². The molecule has 2 rings (SSSR count). The molecule has 1 heterocycles. The number of hydrogen-bond acceptors (Lipinski definition) is 5. The van der Waals surface area contributed by atoms with E-state index in [-0.39, 0.29) is 29.0 Å². The van der Waals surface area contributed by atoms with E-state index < -0.39 is 10.5 Å². The summed E-state index contributed by atoms with van der Waals surface area (Å²) in [4.78, 5) is 22.9. The lowest BCUT2D eigenvalue weighted by molar-refractivity contribution is -0.384. The molecule has 1 saturated heterocycles. The summed E-state index contributed by atoms with van der Waals surface area (Å²) in [7, 11) is 0. The summed E-state index contributed by atoms with van der Waals surface area (Å²) in [5, 5.41) is 14.1. The molecule has 1 aromatic rings. The Morgan fingerprint density at radius 2 is 1.92 bits per heavy atom. The Balaban J connectivity index is 2.16. The maximum Gasteiger partial charge on any atom is 0.311 e. The van der Waals surface area contributed by atoms with E-state index in [1.54, 1.807) is 12.1 Å². The fourth-order valence-electron chi connectivity index (χ4n) is 3.10. The number of carbonyl (C=O) groups excluding carboxylic acids is 1. The van der Waals surface area contributed by atoms with Gasteiger partial charge in [-0.25, -0.2) is 0 Å². The van der Waals surface area contributed by atoms with Gasteiger partial charge in [-0.2, -0.15) is 0 Å². The van der Waals surface area contributed by atoms with Gasteiger partial charge in [0, 0.05) is 30.1 Å². The summed E-state index contributed by atoms with van der Waals surface area (Å²) >= 11 is 0. The lowest BCUT2D eigenvalue weighted by atomic mass is 9.82. The van der Waals surface area contributed by atoms with Crippen molar-refractivity contribution < 1.29 is 14.5 Å². The Kier molecular flexibility index (Phi) is 5.32. The van der Waals surface area contributed by atoms with Crippen LogP contribution in [0.3, 0.4) is 0 Å². The molecular formula is C19H26N2O4. The summed E-state index contributed by atoms with van der Waals surface area (Å²) in [6, 6.07) is 6.35. The molecule has 136 valence electrons. The van der Waals surface area contributed by atoms with Gasteiger partial charge in [-0.15, -0.1) is 0 Å². The third-order valence-electron chi connectivity index (χ3n) is 4.30. The van der Waals surface area contributed by atoms with Crippen LogP contribution in [-0.4, -0.2) is 28.6 Å². The number of non-ortho nitro benzene ring substituents is 1. The molecule has 1 aliphatic rings. The molecule has 0 bridgehead atoms. The van der Waals surface area contributed by atoms with Crippen molar-refractivity contribution in [3.05, 3.63) is 46.0 Å². The number of benzene rings is 1. The summed E-state index contributed by atoms with van der Waals surface area (Å²) in [6.07, 6.45) is 3.88. The van der Waals surface area contributed by atoms with Gasteiger partial charge < -0.3 is 10.1 Å². The molecule has 1 aromatic carbocycles. The van der Waals surface area contributed by atoms with Crippen LogP contribution in [-0.2, 0) is 9.53 Å². The average Bonchev–Trinajstić information content (AvgIpc) is 2.78. The van der Waals surface area contributed by atoms with Crippen LogP contribution < -0.4 is 5.32 Å². The topological polar surface area (TPSA) is 81.5 Å². The van der Waals surface area contributed by atoms with Gasteiger partial charge in [-0.05, 0) is 52.3 Å². The minimum absolute atomic E-state index is 0.0000388. The average molecular weight is 346 g/mol. The van der Waals surface area contributed by atoms with Crippen LogP contribution in [0.25, 0.3) is 6.08 Å². The van der Waals surface area contributed by atoms with Crippen molar-refractivity contribution in [2.24, 2.45) is 11.8 Å². The van der Waals surface area contributed by atoms with Crippen LogP contribution in [0.15, 0.2) is 30.3 Å². The Hall–Kier alpha value is -2.21. The van der Waals surface area contributed by atoms with Gasteiger partial charge in [0.05, 0.1) is 10.8 Å². The molecule has 6 nitrogen and oxygen atoms in total. The Labute approximate surface area is 148 Å². The van der Waals surface area contributed by atoms with Crippen LogP contribution in [0.2, 0.25) is 0 Å². The quantitative estimate of drug-likeness (QED) is 0.512. The van der Waals surface area contributed by atoms with Crippen LogP contribution >= 0.6 is 0 Å². The molecule has 2 atom stereocenters. The number of carbonyl (C=O) groups is 1. The largest absolute Gasteiger partial charge is 0.460 e. The van der Waals surface area contributed by atoms with Gasteiger partial charge >= 0.3 is 5.97 Å². The first kappa shape index (κ1) is 19.1. The van der Waals surface area contributed by atoms with Crippen molar-refractivity contribution in [3.63, 3.8) is 0 Å². The maximum atomic E-state index is 12.6. The minimum atomic E-state index is -0.525. The zero-order valence-corrected chi connectivity index (χ0v) is 15.4. The Morgan fingerprint density at radius 3 is 2.44 bits per heavy atom. The monoisotopic (exact) mass is 346 g/mol. The predicted octanol–water partition coefficient (Wildman–Crippen LogP) is 3.56. The molecule has 1 N–H and O–H groups in total. The molecule has 0 saturated carbocycles. The summed E-state index contributed by atoms with van der Waals surface area (Å²) < 4.78 is 5.59.